The van der Waals surface area contributed by atoms with Crippen molar-refractivity contribution in [1.82, 2.24) is 15.4 Å². The van der Waals surface area contributed by atoms with Gasteiger partial charge in [0, 0.05) is 18.2 Å². The zero-order valence-electron chi connectivity index (χ0n) is 15.3. The Balaban J connectivity index is 1.42. The van der Waals surface area contributed by atoms with Crippen LogP contribution in [0.5, 0.6) is 5.75 Å². The fourth-order valence-corrected chi connectivity index (χ4v) is 2.93. The van der Waals surface area contributed by atoms with E-state index < -0.39 is 0 Å². The molecule has 0 spiro atoms. The van der Waals surface area contributed by atoms with E-state index >= 15 is 0 Å². The summed E-state index contributed by atoms with van der Waals surface area (Å²) in [5.41, 5.74) is 2.17. The number of thioether (sulfide) groups is 1. The number of hydrogen-bond donors (Lipinski definition) is 1. The van der Waals surface area contributed by atoms with Crippen molar-refractivity contribution in [3.8, 4) is 5.75 Å². The van der Waals surface area contributed by atoms with Crippen molar-refractivity contribution < 1.29 is 18.5 Å². The van der Waals surface area contributed by atoms with E-state index in [2.05, 4.69) is 20.7 Å². The van der Waals surface area contributed by atoms with Gasteiger partial charge in [-0.05, 0) is 38.0 Å². The highest BCUT2D eigenvalue weighted by molar-refractivity contribution is 7.99. The predicted octanol–water partition coefficient (Wildman–Crippen LogP) is 3.68. The molecule has 0 fully saturated rings. The summed E-state index contributed by atoms with van der Waals surface area (Å²) < 4.78 is 16.2. The van der Waals surface area contributed by atoms with Gasteiger partial charge in [-0.1, -0.05) is 29.1 Å². The van der Waals surface area contributed by atoms with Gasteiger partial charge in [-0.25, -0.2) is 0 Å². The van der Waals surface area contributed by atoms with Gasteiger partial charge in [-0.15, -0.1) is 10.2 Å². The van der Waals surface area contributed by atoms with E-state index in [0.717, 1.165) is 16.9 Å². The molecular weight excluding hydrogens is 368 g/mol. The van der Waals surface area contributed by atoms with Crippen LogP contribution in [0.15, 0.2) is 38.4 Å². The number of nitrogens with zero attached hydrogens (tertiary/aromatic N) is 3. The molecule has 1 aromatic carbocycles. The van der Waals surface area contributed by atoms with Crippen LogP contribution in [0.2, 0.25) is 0 Å². The zero-order valence-corrected chi connectivity index (χ0v) is 16.1. The van der Waals surface area contributed by atoms with Crippen LogP contribution in [0.25, 0.3) is 0 Å². The standard InChI is InChI=1S/C18H20N4O4S/c1-11-4-5-12(2)14(8-11)24-10-17-20-21-18(25-17)27-7-6-16(23)19-15-9-13(3)26-22-15/h4-5,8-9H,6-7,10H2,1-3H3,(H,19,22,23). The number of anilines is 1. The lowest BCUT2D eigenvalue weighted by Crippen LogP contribution is -2.12. The Hall–Kier alpha value is -2.81. The van der Waals surface area contributed by atoms with Crippen molar-refractivity contribution >= 4 is 23.5 Å². The molecule has 3 aromatic rings. The van der Waals surface area contributed by atoms with E-state index in [1.54, 1.807) is 13.0 Å². The summed E-state index contributed by atoms with van der Waals surface area (Å²) in [6.07, 6.45) is 0.285. The maximum absolute atomic E-state index is 11.8. The number of amides is 1. The Bertz CT molecular complexity index is 922. The Kier molecular flexibility index (Phi) is 6.12. The third-order valence-electron chi connectivity index (χ3n) is 3.59. The molecule has 27 heavy (non-hydrogen) atoms. The lowest BCUT2D eigenvalue weighted by atomic mass is 10.1. The van der Waals surface area contributed by atoms with Gasteiger partial charge in [0.25, 0.3) is 11.1 Å². The molecule has 0 saturated carbocycles. The minimum absolute atomic E-state index is 0.159. The lowest BCUT2D eigenvalue weighted by molar-refractivity contribution is -0.115. The largest absolute Gasteiger partial charge is 0.484 e. The molecule has 0 aliphatic heterocycles. The average molecular weight is 388 g/mol. The first kappa shape index (κ1) is 19.0. The van der Waals surface area contributed by atoms with Gasteiger partial charge >= 0.3 is 0 Å². The number of carbonyl (C=O) groups excluding carboxylic acids is 1. The summed E-state index contributed by atoms with van der Waals surface area (Å²) in [6, 6.07) is 7.66. The maximum Gasteiger partial charge on any atom is 0.276 e. The summed E-state index contributed by atoms with van der Waals surface area (Å²) in [7, 11) is 0. The highest BCUT2D eigenvalue weighted by atomic mass is 32.2. The summed E-state index contributed by atoms with van der Waals surface area (Å²) in [5, 5.41) is 14.7. The Labute approximate surface area is 160 Å². The van der Waals surface area contributed by atoms with Crippen LogP contribution in [0.3, 0.4) is 0 Å². The van der Waals surface area contributed by atoms with Gasteiger partial charge in [-0.3, -0.25) is 4.79 Å². The van der Waals surface area contributed by atoms with Crippen molar-refractivity contribution in [2.45, 2.75) is 39.0 Å². The summed E-state index contributed by atoms with van der Waals surface area (Å²) in [6.45, 7) is 5.95. The molecule has 0 atom stereocenters. The molecule has 1 amide bonds. The van der Waals surface area contributed by atoms with Gasteiger partial charge < -0.3 is 19.0 Å². The van der Waals surface area contributed by atoms with Crippen LogP contribution in [0, 0.1) is 20.8 Å². The minimum Gasteiger partial charge on any atom is -0.484 e. The second kappa shape index (κ2) is 8.72. The molecule has 0 aliphatic rings. The average Bonchev–Trinajstić information content (AvgIpc) is 3.24. The van der Waals surface area contributed by atoms with Crippen molar-refractivity contribution in [1.29, 1.82) is 0 Å². The third kappa shape index (κ3) is 5.58. The van der Waals surface area contributed by atoms with Gasteiger partial charge in [0.05, 0.1) is 0 Å². The summed E-state index contributed by atoms with van der Waals surface area (Å²) in [5.74, 6) is 2.58. The monoisotopic (exact) mass is 388 g/mol. The van der Waals surface area contributed by atoms with Gasteiger partial charge in [0.15, 0.2) is 12.4 Å². The molecule has 1 N–H and O–H groups in total. The molecule has 3 rings (SSSR count). The summed E-state index contributed by atoms with van der Waals surface area (Å²) in [4.78, 5) is 11.8. The number of aryl methyl sites for hydroxylation is 3. The topological polar surface area (TPSA) is 103 Å². The zero-order chi connectivity index (χ0) is 19.2. The van der Waals surface area contributed by atoms with Gasteiger partial charge in [0.2, 0.25) is 5.91 Å². The van der Waals surface area contributed by atoms with E-state index in [9.17, 15) is 4.79 Å². The summed E-state index contributed by atoms with van der Waals surface area (Å²) >= 11 is 1.31. The van der Waals surface area contributed by atoms with Crippen LogP contribution in [0.4, 0.5) is 5.82 Å². The SMILES string of the molecule is Cc1ccc(C)c(OCc2nnc(SCCC(=O)Nc3cc(C)on3)o2)c1. The second-order valence-electron chi connectivity index (χ2n) is 5.99. The van der Waals surface area contributed by atoms with E-state index in [4.69, 9.17) is 13.7 Å². The second-order valence-corrected chi connectivity index (χ2v) is 7.03. The minimum atomic E-state index is -0.159. The molecule has 8 nitrogen and oxygen atoms in total. The first-order valence-corrected chi connectivity index (χ1v) is 9.36. The lowest BCUT2D eigenvalue weighted by Gasteiger charge is -2.07. The van der Waals surface area contributed by atoms with Gasteiger partial charge in [-0.2, -0.15) is 0 Å². The molecule has 0 radical (unpaired) electrons. The molecule has 2 heterocycles. The highest BCUT2D eigenvalue weighted by Gasteiger charge is 2.11. The van der Waals surface area contributed by atoms with Crippen LogP contribution >= 0.6 is 11.8 Å². The van der Waals surface area contributed by atoms with Crippen LogP contribution < -0.4 is 10.1 Å². The Morgan fingerprint density at radius 1 is 1.22 bits per heavy atom. The molecule has 0 saturated heterocycles. The van der Waals surface area contributed by atoms with Gasteiger partial charge in [0.1, 0.15) is 11.5 Å². The number of ether oxygens (including phenoxy) is 1. The fourth-order valence-electron chi connectivity index (χ4n) is 2.22. The number of hydrogen-bond acceptors (Lipinski definition) is 8. The normalized spacial score (nSPS) is 10.8. The molecule has 142 valence electrons. The molecule has 9 heteroatoms. The van der Waals surface area contributed by atoms with E-state index in [1.165, 1.54) is 11.8 Å². The molecule has 0 unspecified atom stereocenters. The van der Waals surface area contributed by atoms with E-state index in [0.29, 0.717) is 28.4 Å². The van der Waals surface area contributed by atoms with Crippen LogP contribution in [-0.4, -0.2) is 27.0 Å². The Morgan fingerprint density at radius 3 is 2.85 bits per heavy atom. The first-order valence-electron chi connectivity index (χ1n) is 8.38. The smallest absolute Gasteiger partial charge is 0.276 e. The highest BCUT2D eigenvalue weighted by Crippen LogP contribution is 2.22. The van der Waals surface area contributed by atoms with Crippen molar-refractivity contribution in [2.24, 2.45) is 0 Å². The number of benzene rings is 1. The number of rotatable bonds is 8. The maximum atomic E-state index is 11.8. The van der Waals surface area contributed by atoms with Crippen molar-refractivity contribution in [2.75, 3.05) is 11.1 Å². The van der Waals surface area contributed by atoms with Crippen LogP contribution in [-0.2, 0) is 11.4 Å². The fraction of sp³-hybridized carbons (Fsp3) is 0.333. The Morgan fingerprint density at radius 2 is 2.07 bits per heavy atom. The van der Waals surface area contributed by atoms with Crippen LogP contribution in [0.1, 0.15) is 29.2 Å². The van der Waals surface area contributed by atoms with E-state index in [1.807, 2.05) is 32.0 Å². The molecule has 0 bridgehead atoms. The number of nitrogens with one attached hydrogen (secondary N) is 1. The van der Waals surface area contributed by atoms with E-state index in [-0.39, 0.29) is 18.9 Å². The third-order valence-corrected chi connectivity index (χ3v) is 4.41. The molecule has 2 aromatic heterocycles. The van der Waals surface area contributed by atoms with Crippen molar-refractivity contribution in [3.63, 3.8) is 0 Å². The quantitative estimate of drug-likeness (QED) is 0.583. The predicted molar refractivity (Wildman–Crippen MR) is 99.8 cm³/mol. The molecule has 0 aliphatic carbocycles. The first-order chi connectivity index (χ1) is 13.0. The van der Waals surface area contributed by atoms with Crippen molar-refractivity contribution in [3.05, 3.63) is 47.0 Å². The molecular formula is C18H20N4O4S. The number of aromatic nitrogens is 3. The number of carbonyl (C=O) groups is 1.